The fourth-order valence-electron chi connectivity index (χ4n) is 5.87. The SMILES string of the molecule is N#Cc1cccc(S(=O)(=O)N2C[C@H](n3cnc4ccccc43)C[C@H]2C(=O)N[C@@H](Cc2ccc(NC(=O)c3c(Cl)cncc3Cl)cc2)C(=O)O)c1. The van der Waals surface area contributed by atoms with E-state index in [0.29, 0.717) is 16.8 Å². The van der Waals surface area contributed by atoms with Crippen LogP contribution in [0.4, 0.5) is 5.69 Å². The summed E-state index contributed by atoms with van der Waals surface area (Å²) in [6, 6.07) is 17.8. The summed E-state index contributed by atoms with van der Waals surface area (Å²) in [4.78, 5) is 47.1. The summed E-state index contributed by atoms with van der Waals surface area (Å²) >= 11 is 12.2. The second-order valence-corrected chi connectivity index (χ2v) is 14.2. The zero-order chi connectivity index (χ0) is 35.6. The quantitative estimate of drug-likeness (QED) is 0.183. The number of rotatable bonds is 10. The van der Waals surface area contributed by atoms with E-state index >= 15 is 0 Å². The van der Waals surface area contributed by atoms with E-state index in [2.05, 4.69) is 20.6 Å². The largest absolute Gasteiger partial charge is 0.480 e. The number of fused-ring (bicyclic) bond motifs is 1. The Morgan fingerprint density at radius 2 is 1.74 bits per heavy atom. The molecule has 16 heteroatoms. The number of halogens is 2. The number of sulfonamides is 1. The maximum absolute atomic E-state index is 14.0. The monoisotopic (exact) mass is 731 g/mol. The number of carboxylic acids is 1. The minimum Gasteiger partial charge on any atom is -0.480 e. The Balaban J connectivity index is 1.22. The second kappa shape index (κ2) is 14.3. The second-order valence-electron chi connectivity index (χ2n) is 11.5. The van der Waals surface area contributed by atoms with Gasteiger partial charge in [0.05, 0.1) is 55.5 Å². The molecule has 2 aromatic heterocycles. The summed E-state index contributed by atoms with van der Waals surface area (Å²) in [5.74, 6) is -2.69. The van der Waals surface area contributed by atoms with Gasteiger partial charge in [-0.15, -0.1) is 0 Å². The number of benzene rings is 3. The third-order valence-electron chi connectivity index (χ3n) is 8.33. The summed E-state index contributed by atoms with van der Waals surface area (Å²) in [7, 11) is -4.31. The van der Waals surface area contributed by atoms with Crippen molar-refractivity contribution >= 4 is 67.7 Å². The number of nitriles is 1. The molecular weight excluding hydrogens is 705 g/mol. The fourth-order valence-corrected chi connectivity index (χ4v) is 8.09. The van der Waals surface area contributed by atoms with Gasteiger partial charge in [0.25, 0.3) is 5.91 Å². The molecule has 254 valence electrons. The molecule has 0 radical (unpaired) electrons. The predicted octanol–water partition coefficient (Wildman–Crippen LogP) is 4.68. The van der Waals surface area contributed by atoms with Crippen LogP contribution in [0.1, 0.15) is 33.9 Å². The number of carbonyl (C=O) groups excluding carboxylic acids is 2. The van der Waals surface area contributed by atoms with Gasteiger partial charge in [0, 0.05) is 31.0 Å². The van der Waals surface area contributed by atoms with Crippen molar-refractivity contribution in [3.63, 3.8) is 0 Å². The number of amides is 2. The van der Waals surface area contributed by atoms with Gasteiger partial charge >= 0.3 is 5.97 Å². The Bertz CT molecular complexity index is 2250. The van der Waals surface area contributed by atoms with Gasteiger partial charge in [-0.25, -0.2) is 18.2 Å². The van der Waals surface area contributed by atoms with Gasteiger partial charge in [-0.3, -0.25) is 14.6 Å². The molecule has 3 aromatic carbocycles. The van der Waals surface area contributed by atoms with Gasteiger partial charge in [0.15, 0.2) is 0 Å². The molecule has 1 fully saturated rings. The molecule has 0 bridgehead atoms. The van der Waals surface area contributed by atoms with Crippen LogP contribution in [0.5, 0.6) is 0 Å². The van der Waals surface area contributed by atoms with Crippen molar-refractivity contribution in [2.75, 3.05) is 11.9 Å². The van der Waals surface area contributed by atoms with Crippen LogP contribution in [0, 0.1) is 11.3 Å². The minimum atomic E-state index is -4.31. The molecule has 0 aliphatic carbocycles. The van der Waals surface area contributed by atoms with E-state index in [0.717, 1.165) is 9.82 Å². The van der Waals surface area contributed by atoms with Crippen LogP contribution in [0.25, 0.3) is 11.0 Å². The topological polar surface area (TPSA) is 187 Å². The maximum Gasteiger partial charge on any atom is 0.326 e. The zero-order valence-electron chi connectivity index (χ0n) is 25.9. The highest BCUT2D eigenvalue weighted by atomic mass is 35.5. The van der Waals surface area contributed by atoms with E-state index in [1.165, 1.54) is 36.7 Å². The summed E-state index contributed by atoms with van der Waals surface area (Å²) in [6.45, 7) is -0.0988. The number of nitrogens with one attached hydrogen (secondary N) is 2. The molecule has 13 nitrogen and oxygen atoms in total. The van der Waals surface area contributed by atoms with E-state index in [1.807, 2.05) is 34.9 Å². The Kier molecular flexibility index (Phi) is 9.85. The first kappa shape index (κ1) is 34.5. The zero-order valence-corrected chi connectivity index (χ0v) is 28.2. The normalized spacial score (nSPS) is 16.8. The number of carboxylic acid groups (broad SMARTS) is 1. The van der Waals surface area contributed by atoms with Crippen LogP contribution in [0.3, 0.4) is 0 Å². The fraction of sp³-hybridized carbons (Fsp3) is 0.176. The molecule has 1 aliphatic heterocycles. The van der Waals surface area contributed by atoms with E-state index in [9.17, 15) is 33.2 Å². The maximum atomic E-state index is 14.0. The van der Waals surface area contributed by atoms with Crippen LogP contribution in [0.2, 0.25) is 10.0 Å². The highest BCUT2D eigenvalue weighted by Gasteiger charge is 2.45. The van der Waals surface area contributed by atoms with E-state index < -0.39 is 45.9 Å². The lowest BCUT2D eigenvalue weighted by Gasteiger charge is -2.25. The summed E-state index contributed by atoms with van der Waals surface area (Å²) < 4.78 is 30.8. The van der Waals surface area contributed by atoms with Crippen molar-refractivity contribution in [3.8, 4) is 6.07 Å². The highest BCUT2D eigenvalue weighted by molar-refractivity contribution is 7.89. The number of pyridine rings is 1. The number of carbonyl (C=O) groups is 3. The van der Waals surface area contributed by atoms with E-state index in [1.54, 1.807) is 30.6 Å². The average Bonchev–Trinajstić information content (AvgIpc) is 3.74. The first-order valence-corrected chi connectivity index (χ1v) is 17.3. The Morgan fingerprint density at radius 1 is 1.02 bits per heavy atom. The standard InChI is InChI=1S/C34H27Cl2N7O6S/c35-25-16-38-17-26(36)31(25)33(45)40-22-10-8-20(9-11-22)13-28(34(46)47)41-32(44)30-14-23(42-19-39-27-6-1-2-7-29(27)42)18-43(30)50(48,49)24-5-3-4-21(12-24)15-37/h1-12,16-17,19,23,28,30H,13-14,18H2,(H,40,45)(H,41,44)(H,46,47)/t23-,28+,30+/m1/s1. The number of hydrogen-bond acceptors (Lipinski definition) is 8. The van der Waals surface area contributed by atoms with Crippen LogP contribution < -0.4 is 10.6 Å². The molecular formula is C34H27Cl2N7O6S. The number of imidazole rings is 1. The van der Waals surface area contributed by atoms with Crippen molar-refractivity contribution in [2.24, 2.45) is 0 Å². The third kappa shape index (κ3) is 7.03. The van der Waals surface area contributed by atoms with Gasteiger partial charge in [-0.05, 0) is 54.4 Å². The number of anilines is 1. The summed E-state index contributed by atoms with van der Waals surface area (Å²) in [5.41, 5.74) is 2.51. The average molecular weight is 733 g/mol. The lowest BCUT2D eigenvalue weighted by Crippen LogP contribution is -2.51. The molecule has 0 spiro atoms. The number of aromatic nitrogens is 3. The molecule has 2 amide bonds. The Hall–Kier alpha value is -5.33. The molecule has 50 heavy (non-hydrogen) atoms. The van der Waals surface area contributed by atoms with Crippen LogP contribution in [-0.4, -0.2) is 68.8 Å². The predicted molar refractivity (Wildman–Crippen MR) is 184 cm³/mol. The van der Waals surface area contributed by atoms with Crippen molar-refractivity contribution in [1.29, 1.82) is 5.26 Å². The molecule has 6 rings (SSSR count). The molecule has 0 saturated carbocycles. The van der Waals surface area contributed by atoms with E-state index in [4.69, 9.17) is 23.2 Å². The van der Waals surface area contributed by atoms with E-state index in [-0.39, 0.29) is 45.5 Å². The minimum absolute atomic E-state index is 0.0373. The third-order valence-corrected chi connectivity index (χ3v) is 10.8. The summed E-state index contributed by atoms with van der Waals surface area (Å²) in [6.07, 6.45) is 4.06. The van der Waals surface area contributed by atoms with Gasteiger partial charge in [-0.2, -0.15) is 9.57 Å². The van der Waals surface area contributed by atoms with Crippen molar-refractivity contribution in [1.82, 2.24) is 24.2 Å². The molecule has 3 heterocycles. The number of nitrogens with zero attached hydrogens (tertiary/aromatic N) is 5. The lowest BCUT2D eigenvalue weighted by atomic mass is 10.0. The number of aliphatic carboxylic acids is 1. The van der Waals surface area contributed by atoms with Crippen molar-refractivity contribution < 1.29 is 27.9 Å². The number of para-hydroxylation sites is 2. The van der Waals surface area contributed by atoms with Gasteiger partial charge in [-0.1, -0.05) is 53.5 Å². The lowest BCUT2D eigenvalue weighted by molar-refractivity contribution is -0.142. The van der Waals surface area contributed by atoms with Crippen molar-refractivity contribution in [3.05, 3.63) is 118 Å². The molecule has 3 N–H and O–H groups in total. The molecule has 1 aliphatic rings. The molecule has 3 atom stereocenters. The molecule has 1 saturated heterocycles. The van der Waals surface area contributed by atoms with Gasteiger partial charge < -0.3 is 20.3 Å². The van der Waals surface area contributed by atoms with Crippen LogP contribution >= 0.6 is 23.2 Å². The smallest absolute Gasteiger partial charge is 0.326 e. The molecule has 5 aromatic rings. The Labute approximate surface area is 296 Å². The molecule has 0 unspecified atom stereocenters. The first-order chi connectivity index (χ1) is 24.0. The van der Waals surface area contributed by atoms with Crippen molar-refractivity contribution in [2.45, 2.75) is 35.9 Å². The summed E-state index contributed by atoms with van der Waals surface area (Å²) in [5, 5.41) is 24.8. The Morgan fingerprint density at radius 3 is 2.44 bits per heavy atom. The van der Waals surface area contributed by atoms with Gasteiger partial charge in [0.2, 0.25) is 15.9 Å². The van der Waals surface area contributed by atoms with Crippen LogP contribution in [-0.2, 0) is 26.0 Å². The highest BCUT2D eigenvalue weighted by Crippen LogP contribution is 2.35. The first-order valence-electron chi connectivity index (χ1n) is 15.1. The van der Waals surface area contributed by atoms with Gasteiger partial charge in [0.1, 0.15) is 12.1 Å². The van der Waals surface area contributed by atoms with Crippen LogP contribution in [0.15, 0.2) is 96.4 Å². The number of hydrogen-bond donors (Lipinski definition) is 3.